The predicted octanol–water partition coefficient (Wildman–Crippen LogP) is 6.04. The van der Waals surface area contributed by atoms with Gasteiger partial charge in [0.15, 0.2) is 11.5 Å². The van der Waals surface area contributed by atoms with Crippen molar-refractivity contribution in [1.29, 1.82) is 0 Å². The molecule has 1 aliphatic heterocycles. The molecule has 37 heavy (non-hydrogen) atoms. The van der Waals surface area contributed by atoms with Crippen molar-refractivity contribution in [3.8, 4) is 0 Å². The number of aromatic nitrogens is 2. The molecular weight excluding hydrogens is 530 g/mol. The van der Waals surface area contributed by atoms with Crippen LogP contribution in [0.5, 0.6) is 0 Å². The summed E-state index contributed by atoms with van der Waals surface area (Å²) in [5, 5.41) is 0. The van der Waals surface area contributed by atoms with E-state index in [9.17, 15) is 9.59 Å². The Kier molecular flexibility index (Phi) is 7.61. The molecule has 3 aromatic carbocycles. The van der Waals surface area contributed by atoms with Gasteiger partial charge in [-0.1, -0.05) is 88.7 Å². The molecule has 2 heterocycles. The van der Waals surface area contributed by atoms with Gasteiger partial charge in [0.05, 0.1) is 11.6 Å². The Labute approximate surface area is 224 Å². The van der Waals surface area contributed by atoms with E-state index in [4.69, 9.17) is 4.74 Å². The topological polar surface area (TPSA) is 75.3 Å². The third-order valence-electron chi connectivity index (χ3n) is 6.34. The van der Waals surface area contributed by atoms with Gasteiger partial charge in [0.25, 0.3) is 5.91 Å². The third-order valence-corrected chi connectivity index (χ3v) is 6.87. The minimum atomic E-state index is -0.560. The van der Waals surface area contributed by atoms with Gasteiger partial charge in [-0.2, -0.15) is 0 Å². The second-order valence-corrected chi connectivity index (χ2v) is 9.72. The van der Waals surface area contributed by atoms with E-state index in [0.29, 0.717) is 30.5 Å². The van der Waals surface area contributed by atoms with E-state index in [1.54, 1.807) is 29.4 Å². The maximum atomic E-state index is 13.9. The summed E-state index contributed by atoms with van der Waals surface area (Å²) in [4.78, 5) is 37.0. The average molecular weight is 556 g/mol. The van der Waals surface area contributed by atoms with E-state index < -0.39 is 6.04 Å². The zero-order valence-corrected chi connectivity index (χ0v) is 21.7. The molecule has 0 aliphatic carbocycles. The highest BCUT2D eigenvalue weighted by Gasteiger charge is 2.44. The number of nitrogens with one attached hydrogen (secondary N) is 1. The van der Waals surface area contributed by atoms with Gasteiger partial charge in [-0.3, -0.25) is 9.59 Å². The molecule has 1 unspecified atom stereocenters. The molecule has 0 spiro atoms. The predicted molar refractivity (Wildman–Crippen MR) is 145 cm³/mol. The maximum absolute atomic E-state index is 13.9. The number of rotatable bonds is 10. The van der Waals surface area contributed by atoms with Crippen molar-refractivity contribution in [3.05, 3.63) is 136 Å². The van der Waals surface area contributed by atoms with E-state index in [-0.39, 0.29) is 24.1 Å². The lowest BCUT2D eigenvalue weighted by Gasteiger charge is -2.27. The first-order chi connectivity index (χ1) is 18.1. The molecule has 1 atom stereocenters. The summed E-state index contributed by atoms with van der Waals surface area (Å²) in [5.41, 5.74) is 2.66. The molecule has 4 aromatic rings. The number of nitrogens with zero attached hydrogens (tertiary/aromatic N) is 2. The van der Waals surface area contributed by atoms with Crippen LogP contribution in [0.1, 0.15) is 39.8 Å². The van der Waals surface area contributed by atoms with Gasteiger partial charge in [-0.25, -0.2) is 4.98 Å². The van der Waals surface area contributed by atoms with Crippen LogP contribution in [-0.4, -0.2) is 33.1 Å². The Bertz CT molecular complexity index is 1390. The van der Waals surface area contributed by atoms with Gasteiger partial charge >= 0.3 is 0 Å². The van der Waals surface area contributed by atoms with Crippen molar-refractivity contribution in [3.63, 3.8) is 0 Å². The molecule has 0 fully saturated rings. The highest BCUT2D eigenvalue weighted by atomic mass is 79.9. The van der Waals surface area contributed by atoms with E-state index >= 15 is 0 Å². The van der Waals surface area contributed by atoms with Crippen LogP contribution in [0, 0.1) is 0 Å². The first kappa shape index (κ1) is 24.7. The number of ketones is 1. The molecule has 6 nitrogen and oxygen atoms in total. The number of amides is 1. The number of carbonyl (C=O) groups is 2. The Morgan fingerprint density at radius 1 is 0.973 bits per heavy atom. The standard InChI is InChI=1S/C30H26BrN3O3/c31-24-15-13-22(14-16-24)27-26(28(35)23-10-5-2-6-11-23)29(37-20-21-8-3-1-4-9-21)30(36)34(27)19-7-12-25-32-17-18-33-25/h1-6,8-11,13-18,27H,7,12,19-20H2,(H,32,33). The number of benzene rings is 3. The summed E-state index contributed by atoms with van der Waals surface area (Å²) in [7, 11) is 0. The Balaban J connectivity index is 1.53. The van der Waals surface area contributed by atoms with Crippen LogP contribution in [0.25, 0.3) is 0 Å². The second kappa shape index (κ2) is 11.4. The van der Waals surface area contributed by atoms with Crippen molar-refractivity contribution in [1.82, 2.24) is 14.9 Å². The summed E-state index contributed by atoms with van der Waals surface area (Å²) in [6, 6.07) is 25.9. The van der Waals surface area contributed by atoms with Crippen LogP contribution < -0.4 is 0 Å². The van der Waals surface area contributed by atoms with Crippen molar-refractivity contribution < 1.29 is 14.3 Å². The fourth-order valence-electron chi connectivity index (χ4n) is 4.56. The van der Waals surface area contributed by atoms with E-state index in [1.807, 2.05) is 72.8 Å². The number of imidazole rings is 1. The molecule has 7 heteroatoms. The number of H-pyrrole nitrogens is 1. The number of halogens is 1. The monoisotopic (exact) mass is 555 g/mol. The number of aromatic amines is 1. The first-order valence-corrected chi connectivity index (χ1v) is 13.0. The van der Waals surface area contributed by atoms with Crippen molar-refractivity contribution >= 4 is 27.6 Å². The first-order valence-electron chi connectivity index (χ1n) is 12.2. The average Bonchev–Trinajstić information content (AvgIpc) is 3.55. The van der Waals surface area contributed by atoms with Crippen molar-refractivity contribution in [2.24, 2.45) is 0 Å². The lowest BCUT2D eigenvalue weighted by Crippen LogP contribution is -2.32. The molecular formula is C30H26BrN3O3. The number of hydrogen-bond acceptors (Lipinski definition) is 4. The zero-order chi connectivity index (χ0) is 25.6. The summed E-state index contributed by atoms with van der Waals surface area (Å²) < 4.78 is 7.08. The van der Waals surface area contributed by atoms with Crippen LogP contribution in [0.15, 0.2) is 113 Å². The Morgan fingerprint density at radius 2 is 1.68 bits per heavy atom. The molecule has 0 radical (unpaired) electrons. The quantitative estimate of drug-likeness (QED) is 0.242. The third kappa shape index (κ3) is 5.57. The maximum Gasteiger partial charge on any atom is 0.290 e. The Morgan fingerprint density at radius 3 is 2.35 bits per heavy atom. The summed E-state index contributed by atoms with van der Waals surface area (Å²) in [6.45, 7) is 0.644. The van der Waals surface area contributed by atoms with Gasteiger partial charge in [-0.05, 0) is 29.7 Å². The van der Waals surface area contributed by atoms with Crippen LogP contribution in [0.2, 0.25) is 0 Å². The smallest absolute Gasteiger partial charge is 0.290 e. The highest BCUT2D eigenvalue weighted by Crippen LogP contribution is 2.41. The normalized spacial score (nSPS) is 15.3. The molecule has 186 valence electrons. The van der Waals surface area contributed by atoms with E-state index in [1.165, 1.54) is 0 Å². The fourth-order valence-corrected chi connectivity index (χ4v) is 4.82. The molecule has 0 saturated carbocycles. The molecule has 5 rings (SSSR count). The summed E-state index contributed by atoms with van der Waals surface area (Å²) in [6.07, 6.45) is 4.88. The molecule has 1 aliphatic rings. The second-order valence-electron chi connectivity index (χ2n) is 8.80. The number of hydrogen-bond donors (Lipinski definition) is 1. The number of aryl methyl sites for hydroxylation is 1. The highest BCUT2D eigenvalue weighted by molar-refractivity contribution is 9.10. The van der Waals surface area contributed by atoms with Crippen LogP contribution in [0.3, 0.4) is 0 Å². The lowest BCUT2D eigenvalue weighted by atomic mass is 9.92. The molecule has 1 aromatic heterocycles. The molecule has 0 bridgehead atoms. The summed E-state index contributed by atoms with van der Waals surface area (Å²) in [5.74, 6) is 0.491. The van der Waals surface area contributed by atoms with E-state index in [0.717, 1.165) is 21.4 Å². The van der Waals surface area contributed by atoms with Crippen LogP contribution in [-0.2, 0) is 22.6 Å². The number of carbonyl (C=O) groups excluding carboxylic acids is 2. The van der Waals surface area contributed by atoms with Crippen LogP contribution >= 0.6 is 15.9 Å². The van der Waals surface area contributed by atoms with Crippen molar-refractivity contribution in [2.45, 2.75) is 25.5 Å². The minimum Gasteiger partial charge on any atom is -0.483 e. The minimum absolute atomic E-state index is 0.114. The molecule has 1 N–H and O–H groups in total. The SMILES string of the molecule is O=C(C1=C(OCc2ccccc2)C(=O)N(CCCc2ncc[nH]2)C1c1ccc(Br)cc1)c1ccccc1. The van der Waals surface area contributed by atoms with Gasteiger partial charge in [0.2, 0.25) is 0 Å². The van der Waals surface area contributed by atoms with Crippen LogP contribution in [0.4, 0.5) is 0 Å². The molecule has 1 amide bonds. The van der Waals surface area contributed by atoms with E-state index in [2.05, 4.69) is 25.9 Å². The number of Topliss-reactive ketones (excluding diaryl/α,β-unsaturated/α-hetero) is 1. The summed E-state index contributed by atoms with van der Waals surface area (Å²) >= 11 is 3.49. The number of ether oxygens (including phenoxy) is 1. The largest absolute Gasteiger partial charge is 0.483 e. The fraction of sp³-hybridized carbons (Fsp3) is 0.167. The zero-order valence-electron chi connectivity index (χ0n) is 20.1. The van der Waals surface area contributed by atoms with Gasteiger partial charge in [0, 0.05) is 35.4 Å². The lowest BCUT2D eigenvalue weighted by molar-refractivity contribution is -0.130. The van der Waals surface area contributed by atoms with Crippen molar-refractivity contribution in [2.75, 3.05) is 6.54 Å². The molecule has 0 saturated heterocycles. The van der Waals surface area contributed by atoms with Gasteiger partial charge < -0.3 is 14.6 Å². The Hall–Kier alpha value is -3.97. The van der Waals surface area contributed by atoms with Gasteiger partial charge in [0.1, 0.15) is 12.4 Å². The van der Waals surface area contributed by atoms with Gasteiger partial charge in [-0.15, -0.1) is 0 Å².